The van der Waals surface area contributed by atoms with Crippen LogP contribution in [-0.4, -0.2) is 0 Å². The number of halogens is 6. The van der Waals surface area contributed by atoms with Crippen molar-refractivity contribution in [1.29, 1.82) is 0 Å². The maximum Gasteiger partial charge on any atom is 4.00 e. The Morgan fingerprint density at radius 1 is 0.510 bits per heavy atom. The van der Waals surface area contributed by atoms with Gasteiger partial charge in [0.15, 0.2) is 0 Å². The van der Waals surface area contributed by atoms with Gasteiger partial charge in [0.2, 0.25) is 0 Å². The summed E-state index contributed by atoms with van der Waals surface area (Å²) < 4.78 is 0. The molecule has 0 N–H and O–H groups in total. The summed E-state index contributed by atoms with van der Waals surface area (Å²) in [4.78, 5) is 0. The third-order valence-corrected chi connectivity index (χ3v) is 8.03. The molecule has 0 spiro atoms. The van der Waals surface area contributed by atoms with Crippen LogP contribution in [0.15, 0.2) is 60.7 Å². The van der Waals surface area contributed by atoms with Gasteiger partial charge in [0.25, 0.3) is 0 Å². The Kier molecular flexibility index (Phi) is 65.0. The van der Waals surface area contributed by atoms with Crippen LogP contribution < -0.4 is 74.4 Å². The Balaban J connectivity index is -0.0000000588. The predicted octanol–water partition coefficient (Wildman–Crippen LogP) is -6.19. The van der Waals surface area contributed by atoms with Crippen molar-refractivity contribution in [2.24, 2.45) is 0 Å². The normalized spacial score (nSPS) is 8.37. The van der Waals surface area contributed by atoms with E-state index in [1.165, 1.54) is 120 Å². The maximum atomic E-state index is 2.31. The number of unbranched alkanes of at least 4 members (excludes halogenated alkanes) is 2. The van der Waals surface area contributed by atoms with E-state index in [1.54, 1.807) is 0 Å². The summed E-state index contributed by atoms with van der Waals surface area (Å²) in [7, 11) is 0. The van der Waals surface area contributed by atoms with Gasteiger partial charge in [-0.15, -0.1) is 0 Å². The second kappa shape index (κ2) is 44.2. The molecule has 49 heavy (non-hydrogen) atoms. The van der Waals surface area contributed by atoms with Crippen molar-refractivity contribution in [3.63, 3.8) is 0 Å². The van der Waals surface area contributed by atoms with E-state index in [0.29, 0.717) is 0 Å². The molecule has 4 rings (SSSR count). The first-order valence-corrected chi connectivity index (χ1v) is 16.2. The van der Waals surface area contributed by atoms with Crippen molar-refractivity contribution in [2.75, 3.05) is 0 Å². The van der Waals surface area contributed by atoms with Crippen LogP contribution in [0.4, 0.5) is 0 Å². The van der Waals surface area contributed by atoms with Gasteiger partial charge in [0.05, 0.1) is 0 Å². The van der Waals surface area contributed by atoms with Crippen LogP contribution >= 0.6 is 0 Å². The van der Waals surface area contributed by atoms with Crippen molar-refractivity contribution in [3.05, 3.63) is 116 Å². The van der Waals surface area contributed by atoms with Crippen LogP contribution in [0.1, 0.15) is 123 Å². The molecular weight excluding hydrogens is 967 g/mol. The molecule has 0 atom stereocenters. The molecule has 0 aliphatic rings. The van der Waals surface area contributed by atoms with Gasteiger partial charge in [0.1, 0.15) is 0 Å². The molecular formula is C40H60Cl6Zr3+2. The fraction of sp³-hybridized carbons (Fsp3) is 0.500. The average Bonchev–Trinajstić information content (AvgIpc) is 3.75. The summed E-state index contributed by atoms with van der Waals surface area (Å²) in [6.07, 6.45) is 12.5. The van der Waals surface area contributed by atoms with Crippen LogP contribution in [0, 0.1) is 27.7 Å². The van der Waals surface area contributed by atoms with Gasteiger partial charge in [-0.25, -0.2) is 36.4 Å². The van der Waals surface area contributed by atoms with E-state index >= 15 is 0 Å². The molecule has 0 heterocycles. The van der Waals surface area contributed by atoms with Crippen molar-refractivity contribution in [1.82, 2.24) is 0 Å². The zero-order chi connectivity index (χ0) is 29.9. The van der Waals surface area contributed by atoms with Crippen LogP contribution in [0.3, 0.4) is 0 Å². The van der Waals surface area contributed by atoms with Crippen LogP contribution in [0.25, 0.3) is 0 Å². The SMILES string of the molecule is CCCCc1cc(C)[c-](C)c1.CCCCc1cc(C)[c-](C)c1.CCc1ccc[c-]1CC.CCc1ccc[c-]1CC.[Cl-].[Cl-].[Cl-].[Cl-].[Cl-].[Cl-].[Zr+4].[Zr+4].[Zr+4]. The van der Waals surface area contributed by atoms with Gasteiger partial charge in [0, 0.05) is 0 Å². The molecule has 0 saturated heterocycles. The number of aryl methyl sites for hydroxylation is 10. The smallest absolute Gasteiger partial charge is 1.00 e. The van der Waals surface area contributed by atoms with Gasteiger partial charge in [-0.2, -0.15) is 79.9 Å². The van der Waals surface area contributed by atoms with Crippen molar-refractivity contribution in [2.45, 2.75) is 133 Å². The van der Waals surface area contributed by atoms with Gasteiger partial charge in [-0.1, -0.05) is 133 Å². The fourth-order valence-corrected chi connectivity index (χ4v) is 5.07. The third kappa shape index (κ3) is 29.8. The zero-order valence-electron chi connectivity index (χ0n) is 31.6. The molecule has 9 heteroatoms. The fourth-order valence-electron chi connectivity index (χ4n) is 5.07. The molecule has 0 aromatic heterocycles. The quantitative estimate of drug-likeness (QED) is 0.139. The Morgan fingerprint density at radius 3 is 1.00 bits per heavy atom. The van der Waals surface area contributed by atoms with E-state index in [9.17, 15) is 0 Å². The van der Waals surface area contributed by atoms with Gasteiger partial charge in [-0.05, 0) is 0 Å². The summed E-state index contributed by atoms with van der Waals surface area (Å²) in [6.45, 7) is 22.0. The molecule has 272 valence electrons. The zero-order valence-corrected chi connectivity index (χ0v) is 43.5. The molecule has 0 radical (unpaired) electrons. The first kappa shape index (κ1) is 72.1. The van der Waals surface area contributed by atoms with E-state index in [4.69, 9.17) is 0 Å². The molecule has 4 aromatic carbocycles. The van der Waals surface area contributed by atoms with Gasteiger partial charge >= 0.3 is 78.6 Å². The summed E-state index contributed by atoms with van der Waals surface area (Å²) >= 11 is 0. The summed E-state index contributed by atoms with van der Waals surface area (Å²) in [5.74, 6) is 0. The minimum absolute atomic E-state index is 0. The molecule has 0 fully saturated rings. The van der Waals surface area contributed by atoms with E-state index in [0.717, 1.165) is 0 Å². The molecule has 0 unspecified atom stereocenters. The number of hydrogen-bond donors (Lipinski definition) is 0. The van der Waals surface area contributed by atoms with Crippen LogP contribution in [0.2, 0.25) is 0 Å². The Bertz CT molecular complexity index is 1020. The number of rotatable bonds is 10. The molecule has 0 amide bonds. The monoisotopic (exact) mass is 1020 g/mol. The minimum atomic E-state index is 0. The Labute approximate surface area is 398 Å². The average molecular weight is 1030 g/mol. The third-order valence-electron chi connectivity index (χ3n) is 8.03. The second-order valence-electron chi connectivity index (χ2n) is 11.2. The Hall–Kier alpha value is 1.79. The largest absolute Gasteiger partial charge is 4.00 e. The molecule has 4 aromatic rings. The predicted molar refractivity (Wildman–Crippen MR) is 182 cm³/mol. The van der Waals surface area contributed by atoms with Gasteiger partial charge in [-0.3, -0.25) is 0 Å². The minimum Gasteiger partial charge on any atom is -1.00 e. The molecule has 0 bridgehead atoms. The standard InChI is InChI=1S/2C11H17.2C9H13.6ClH.3Zr/c2*1-4-5-6-11-7-9(2)10(3)8-11;2*1-3-8-6-5-7-9(8)4-2;;;;;;;;;/h2*7-8H,4-6H2,1-3H3;2*5-7H,3-4H2,1-2H3;6*1H;;;/q4*-1;;;;;;;3*+4/p-6. The first-order valence-electron chi connectivity index (χ1n) is 16.2. The van der Waals surface area contributed by atoms with Gasteiger partial charge < -0.3 is 74.4 Å². The van der Waals surface area contributed by atoms with Crippen LogP contribution in [-0.2, 0) is 117 Å². The van der Waals surface area contributed by atoms with E-state index in [1.807, 2.05) is 0 Å². The van der Waals surface area contributed by atoms with Crippen molar-refractivity contribution < 1.29 is 153 Å². The topological polar surface area (TPSA) is 0 Å². The maximum absolute atomic E-state index is 2.31. The second-order valence-corrected chi connectivity index (χ2v) is 11.2. The molecule has 0 saturated carbocycles. The van der Waals surface area contributed by atoms with Crippen molar-refractivity contribution >= 4 is 0 Å². The molecule has 0 aliphatic heterocycles. The number of hydrogen-bond acceptors (Lipinski definition) is 0. The van der Waals surface area contributed by atoms with E-state index in [2.05, 4.69) is 130 Å². The molecule has 0 nitrogen and oxygen atoms in total. The van der Waals surface area contributed by atoms with Crippen molar-refractivity contribution in [3.8, 4) is 0 Å². The van der Waals surface area contributed by atoms with Crippen LogP contribution in [0.5, 0.6) is 0 Å². The van der Waals surface area contributed by atoms with E-state index < -0.39 is 0 Å². The summed E-state index contributed by atoms with van der Waals surface area (Å²) in [6, 6.07) is 22.3. The Morgan fingerprint density at radius 2 is 0.816 bits per heavy atom. The summed E-state index contributed by atoms with van der Waals surface area (Å²) in [5, 5.41) is 0. The molecule has 0 aliphatic carbocycles. The summed E-state index contributed by atoms with van der Waals surface area (Å²) in [5.41, 5.74) is 14.8. The van der Waals surface area contributed by atoms with E-state index in [-0.39, 0.29) is 153 Å². The first-order chi connectivity index (χ1) is 19.2.